The summed E-state index contributed by atoms with van der Waals surface area (Å²) in [6, 6.07) is 37.8. The predicted molar refractivity (Wildman–Crippen MR) is 364 cm³/mol. The van der Waals surface area contributed by atoms with E-state index in [9.17, 15) is 36.0 Å². The fourth-order valence-corrected chi connectivity index (χ4v) is 17.2. The number of carbonyl (C=O) groups excluding carboxylic acids is 4. The van der Waals surface area contributed by atoms with Gasteiger partial charge in [0.15, 0.2) is 0 Å². The number of hydrogen-bond donors (Lipinski definition) is 0. The standard InChI is InChI=1S/C72H56N8O16S4.Cu/c1-37(2)93-69(81)49-17-9-13-21-57(49)97(85,86)41-25-29-45-53(33-41)65-74-61(45)73-62-46-30-26-42(98(87,88)58-22-14-10-18-50(58)70(82)94-38(3)4)34-54(46)66(75-62)77-64-48-32-28-44(100(91,92)60-24-16-12-20-52(60)72(84)96-40(7)8)36-56(48)68(79-64)80-67-55-35-43(27-31-47(55)63(76-65)78-67)99(89,90)59-23-15-11-19-51(59)71(83)95-39(5)6;/h9-40H,1-8H3;/q-2;+2. The summed E-state index contributed by atoms with van der Waals surface area (Å²) in [5.74, 6) is -4.37. The number of benzene rings is 8. The second-order valence-corrected chi connectivity index (χ2v) is 31.8. The zero-order valence-corrected chi connectivity index (χ0v) is 58.7. The second kappa shape index (κ2) is 26.8. The average molecular weight is 1480 g/mol. The predicted octanol–water partition coefficient (Wildman–Crippen LogP) is 11.7. The molecular weight excluding hydrogens is 1420 g/mol. The zero-order chi connectivity index (χ0) is 71.1. The van der Waals surface area contributed by atoms with E-state index in [1.54, 1.807) is 55.4 Å². The van der Waals surface area contributed by atoms with Crippen molar-refractivity contribution in [2.45, 2.75) is 119 Å². The van der Waals surface area contributed by atoms with Crippen LogP contribution in [0.15, 0.2) is 209 Å². The molecule has 0 unspecified atom stereocenters. The quantitative estimate of drug-likeness (QED) is 0.0492. The van der Waals surface area contributed by atoms with E-state index in [4.69, 9.17) is 58.8 Å². The summed E-state index contributed by atoms with van der Waals surface area (Å²) in [5.41, 5.74) is -1.39. The first-order valence-corrected chi connectivity index (χ1v) is 36.9. The summed E-state index contributed by atoms with van der Waals surface area (Å²) in [6.07, 6.45) is -2.44. The van der Waals surface area contributed by atoms with Crippen LogP contribution in [0.4, 0.5) is 0 Å². The molecule has 1 radical (unpaired) electrons. The zero-order valence-electron chi connectivity index (χ0n) is 54.5. The van der Waals surface area contributed by atoms with Gasteiger partial charge in [-0.1, -0.05) is 72.8 Å². The largest absolute Gasteiger partial charge is 2.00 e. The van der Waals surface area contributed by atoms with Gasteiger partial charge < -0.3 is 48.9 Å². The van der Waals surface area contributed by atoms with Gasteiger partial charge in [-0.05, 0) is 174 Å². The number of esters is 4. The number of rotatable bonds is 16. The molecule has 0 amide bonds. The van der Waals surface area contributed by atoms with E-state index in [1.165, 1.54) is 170 Å². The molecule has 8 bridgehead atoms. The van der Waals surface area contributed by atoms with Crippen LogP contribution >= 0.6 is 0 Å². The van der Waals surface area contributed by atoms with Crippen LogP contribution in [-0.2, 0) is 75.4 Å². The molecule has 0 atom stereocenters. The van der Waals surface area contributed by atoms with Gasteiger partial charge in [-0.25, -0.2) is 62.8 Å². The van der Waals surface area contributed by atoms with Crippen molar-refractivity contribution in [1.29, 1.82) is 0 Å². The van der Waals surface area contributed by atoms with Crippen molar-refractivity contribution in [1.82, 2.24) is 39.9 Å². The van der Waals surface area contributed by atoms with E-state index in [1.807, 2.05) is 0 Å². The first kappa shape index (κ1) is 70.2. The number of hydrogen-bond acceptors (Lipinski definition) is 22. The maximum Gasteiger partial charge on any atom is 2.00 e. The third-order valence-corrected chi connectivity index (χ3v) is 23.0. The number of nitrogens with zero attached hydrogens (tertiary/aromatic N) is 8. The summed E-state index contributed by atoms with van der Waals surface area (Å²) in [7, 11) is -18.5. The molecule has 0 fully saturated rings. The third-order valence-electron chi connectivity index (χ3n) is 15.8. The number of sulfone groups is 4. The Morgan fingerprint density at radius 2 is 0.535 bits per heavy atom. The van der Waals surface area contributed by atoms with Crippen molar-refractivity contribution in [2.75, 3.05) is 0 Å². The minimum absolute atomic E-state index is 0. The molecule has 29 heteroatoms. The van der Waals surface area contributed by atoms with Crippen LogP contribution in [-0.4, -0.2) is 112 Å². The smallest absolute Gasteiger partial charge is 0.459 e. The fraction of sp³-hybridized carbons (Fsp3) is 0.167. The molecule has 0 spiro atoms. The minimum atomic E-state index is -4.65. The molecule has 8 aromatic carbocycles. The fourth-order valence-electron chi connectivity index (χ4n) is 11.3. The molecule has 5 heterocycles. The van der Waals surface area contributed by atoms with Crippen LogP contribution in [0.1, 0.15) is 96.8 Å². The van der Waals surface area contributed by atoms with Gasteiger partial charge in [-0.2, -0.15) is 0 Å². The topological polar surface area (TPSA) is 347 Å². The van der Waals surface area contributed by atoms with Crippen LogP contribution in [0, 0.1) is 0 Å². The molecule has 101 heavy (non-hydrogen) atoms. The Hall–Kier alpha value is -10.7. The number of ether oxygens (including phenoxy) is 4. The van der Waals surface area contributed by atoms with E-state index in [0.717, 1.165) is 0 Å². The Balaban J connectivity index is 0.00000965. The summed E-state index contributed by atoms with van der Waals surface area (Å²) >= 11 is 0. The SMILES string of the molecule is CC(C)OC(=O)c1ccccc1S(=O)(=O)c1ccc2c(c1)-c1nc-2nc2[n-]c(nc3nc(nc4[n-]c(n1)c1ccc(S(=O)(=O)c5ccccc5C(=O)OC(C)C)cc41)-c1cc(S(=O)(=O)c4ccccc4C(=O)OC(C)C)ccc1-3)c1cc(S(=O)(=O)c3ccccc3C(=O)OC(C)C)ccc21.[Cu+2]. The minimum Gasteiger partial charge on any atom is -0.459 e. The molecule has 0 N–H and O–H groups in total. The average Bonchev–Trinajstić information content (AvgIpc) is 1.62. The Labute approximate surface area is 588 Å². The Bertz CT molecular complexity index is 6020. The van der Waals surface area contributed by atoms with Crippen LogP contribution in [0.5, 0.6) is 0 Å². The van der Waals surface area contributed by atoms with Gasteiger partial charge in [0.1, 0.15) is 0 Å². The number of fused-ring (bicyclic) bond motifs is 20. The van der Waals surface area contributed by atoms with E-state index < -0.39 is 97.4 Å². The van der Waals surface area contributed by atoms with E-state index in [0.29, 0.717) is 0 Å². The van der Waals surface area contributed by atoms with Crippen molar-refractivity contribution in [3.05, 3.63) is 192 Å². The Morgan fingerprint density at radius 3 is 0.812 bits per heavy atom. The molecule has 2 aliphatic rings. The normalized spacial score (nSPS) is 12.3. The molecule has 13 rings (SSSR count). The molecular formula is C72H56CuN8O16S4. The van der Waals surface area contributed by atoms with E-state index in [2.05, 4.69) is 0 Å². The van der Waals surface area contributed by atoms with Gasteiger partial charge >= 0.3 is 40.9 Å². The summed E-state index contributed by atoms with van der Waals surface area (Å²) in [6.45, 7) is 12.9. The van der Waals surface area contributed by atoms with Crippen molar-refractivity contribution in [3.63, 3.8) is 0 Å². The number of carbonyl (C=O) groups is 4. The summed E-state index contributed by atoms with van der Waals surface area (Å²) < 4.78 is 142. The van der Waals surface area contributed by atoms with Crippen molar-refractivity contribution in [3.8, 4) is 45.6 Å². The molecule has 3 aromatic heterocycles. The second-order valence-electron chi connectivity index (χ2n) is 24.1. The van der Waals surface area contributed by atoms with Crippen LogP contribution in [0.25, 0.3) is 89.7 Å². The molecule has 24 nitrogen and oxygen atoms in total. The van der Waals surface area contributed by atoms with Gasteiger partial charge in [0, 0.05) is 44.8 Å². The van der Waals surface area contributed by atoms with Crippen LogP contribution < -0.4 is 9.97 Å². The van der Waals surface area contributed by atoms with Gasteiger partial charge in [0.25, 0.3) is 0 Å². The van der Waals surface area contributed by atoms with E-state index in [-0.39, 0.29) is 158 Å². The molecule has 0 saturated carbocycles. The van der Waals surface area contributed by atoms with E-state index >= 15 is 16.8 Å². The van der Waals surface area contributed by atoms with Crippen LogP contribution in [0.3, 0.4) is 0 Å². The molecule has 11 aromatic rings. The summed E-state index contributed by atoms with van der Waals surface area (Å²) in [4.78, 5) is 90.4. The third kappa shape index (κ3) is 13.0. The first-order valence-electron chi connectivity index (χ1n) is 31.0. The molecule has 0 aliphatic carbocycles. The Morgan fingerprint density at radius 1 is 0.297 bits per heavy atom. The van der Waals surface area contributed by atoms with Gasteiger partial charge in [0.2, 0.25) is 39.3 Å². The summed E-state index contributed by atoms with van der Waals surface area (Å²) in [5, 5.41) is 0.374. The molecule has 2 aliphatic heterocycles. The van der Waals surface area contributed by atoms with Crippen molar-refractivity contribution >= 4 is 107 Å². The van der Waals surface area contributed by atoms with Gasteiger partial charge in [-0.15, -0.1) is 0 Å². The maximum absolute atomic E-state index is 15.0. The van der Waals surface area contributed by atoms with Crippen LogP contribution in [0.2, 0.25) is 0 Å². The van der Waals surface area contributed by atoms with Crippen molar-refractivity contribution < 1.29 is 88.9 Å². The van der Waals surface area contributed by atoms with Gasteiger partial charge in [0.05, 0.1) is 109 Å². The van der Waals surface area contributed by atoms with Gasteiger partial charge in [-0.3, -0.25) is 0 Å². The maximum atomic E-state index is 15.0. The monoisotopic (exact) mass is 1480 g/mol. The number of aromatic nitrogens is 8. The Kier molecular flexibility index (Phi) is 18.6. The first-order chi connectivity index (χ1) is 47.5. The molecule has 515 valence electrons. The molecule has 0 saturated heterocycles. The van der Waals surface area contributed by atoms with Crippen molar-refractivity contribution in [2.24, 2.45) is 0 Å².